The molecule has 186 valence electrons. The highest BCUT2D eigenvalue weighted by atomic mass is 16.4. The van der Waals surface area contributed by atoms with Gasteiger partial charge in [-0.3, -0.25) is 9.59 Å². The smallest absolute Gasteiger partial charge is 0.352 e. The van der Waals surface area contributed by atoms with Crippen LogP contribution >= 0.6 is 0 Å². The van der Waals surface area contributed by atoms with Crippen molar-refractivity contribution in [3.8, 4) is 5.69 Å². The molecule has 2 aromatic carbocycles. The Kier molecular flexibility index (Phi) is 7.09. The molecule has 2 N–H and O–H groups in total. The molecule has 2 heterocycles. The zero-order chi connectivity index (χ0) is 25.8. The highest BCUT2D eigenvalue weighted by Crippen LogP contribution is 2.14. The molecule has 0 fully saturated rings. The molecule has 0 saturated carbocycles. The second-order valence-electron chi connectivity index (χ2n) is 8.78. The number of hydrogen-bond donors (Lipinski definition) is 2. The molecule has 0 bridgehead atoms. The lowest BCUT2D eigenvalue weighted by Crippen LogP contribution is -2.47. The van der Waals surface area contributed by atoms with Crippen molar-refractivity contribution in [2.24, 2.45) is 5.92 Å². The number of Topliss-reactive ketones (excluding diaryl/α,β-unsaturated/α-hetero) is 1. The van der Waals surface area contributed by atoms with E-state index in [0.717, 1.165) is 20.4 Å². The number of nitrogens with zero attached hydrogens (tertiary/aromatic N) is 4. The van der Waals surface area contributed by atoms with Crippen molar-refractivity contribution >= 4 is 11.7 Å². The number of rotatable bonds is 9. The van der Waals surface area contributed by atoms with Crippen LogP contribution in [0.4, 0.5) is 0 Å². The van der Waals surface area contributed by atoms with E-state index in [1.165, 1.54) is 0 Å². The first-order chi connectivity index (χ1) is 17.2. The fourth-order valence-corrected chi connectivity index (χ4v) is 3.75. The zero-order valence-corrected chi connectivity index (χ0v) is 20.1. The Morgan fingerprint density at radius 1 is 1.06 bits per heavy atom. The second kappa shape index (κ2) is 10.4. The van der Waals surface area contributed by atoms with Crippen LogP contribution in [0.2, 0.25) is 0 Å². The Labute approximate surface area is 205 Å². The molecule has 0 aliphatic rings. The van der Waals surface area contributed by atoms with Crippen LogP contribution in [0.5, 0.6) is 0 Å². The summed E-state index contributed by atoms with van der Waals surface area (Å²) < 4.78 is 7.39. The molecule has 4 aromatic rings. The van der Waals surface area contributed by atoms with Crippen LogP contribution in [0, 0.1) is 12.8 Å². The van der Waals surface area contributed by atoms with Gasteiger partial charge >= 0.3 is 11.4 Å². The Balaban J connectivity index is 1.47. The van der Waals surface area contributed by atoms with Gasteiger partial charge in [0.2, 0.25) is 17.6 Å². The molecule has 1 amide bonds. The molecule has 0 unspecified atom stereocenters. The maximum atomic E-state index is 13.1. The van der Waals surface area contributed by atoms with E-state index < -0.39 is 35.7 Å². The highest BCUT2D eigenvalue weighted by Gasteiger charge is 2.30. The number of para-hydroxylation sites is 1. The minimum atomic E-state index is -0.990. The van der Waals surface area contributed by atoms with Crippen LogP contribution in [0.3, 0.4) is 0 Å². The molecule has 0 spiro atoms. The Bertz CT molecular complexity index is 1490. The third-order valence-electron chi connectivity index (χ3n) is 5.57. The molecule has 0 radical (unpaired) electrons. The first-order valence-corrected chi connectivity index (χ1v) is 11.4. The summed E-state index contributed by atoms with van der Waals surface area (Å²) in [4.78, 5) is 50.8. The lowest BCUT2D eigenvalue weighted by Gasteiger charge is -2.19. The molecule has 0 saturated heterocycles. The van der Waals surface area contributed by atoms with Gasteiger partial charge < -0.3 is 9.73 Å². The standard InChI is InChI=1S/C25H26N6O5/c1-15(2)21(22(33)23-28-27-20(36-23)13-17-9-7-8-16(3)12-17)26-19(32)14-30-24(34)29-31(25(30)35)18-10-5-4-6-11-18/h4-12,15,21H,13-14H2,1-3H3,(H,26,32)(H,29,34)/t21-/m0/s1. The van der Waals surface area contributed by atoms with E-state index in [4.69, 9.17) is 4.42 Å². The fraction of sp³-hybridized carbons (Fsp3) is 0.280. The van der Waals surface area contributed by atoms with Gasteiger partial charge in [0.05, 0.1) is 18.2 Å². The minimum absolute atomic E-state index is 0.220. The molecular formula is C25H26N6O5. The predicted molar refractivity (Wildman–Crippen MR) is 130 cm³/mol. The number of aromatic amines is 1. The van der Waals surface area contributed by atoms with Crippen LogP contribution in [0.1, 0.15) is 41.6 Å². The molecule has 2 aromatic heterocycles. The van der Waals surface area contributed by atoms with Gasteiger partial charge in [-0.2, -0.15) is 0 Å². The summed E-state index contributed by atoms with van der Waals surface area (Å²) >= 11 is 0. The molecule has 4 rings (SSSR count). The van der Waals surface area contributed by atoms with Gasteiger partial charge in [0.25, 0.3) is 5.89 Å². The summed E-state index contributed by atoms with van der Waals surface area (Å²) in [7, 11) is 0. The molecule has 1 atom stereocenters. The van der Waals surface area contributed by atoms with Crippen molar-refractivity contribution in [1.82, 2.24) is 29.9 Å². The maximum Gasteiger partial charge on any atom is 0.352 e. The monoisotopic (exact) mass is 490 g/mol. The van der Waals surface area contributed by atoms with Crippen LogP contribution in [0.25, 0.3) is 5.69 Å². The number of aromatic nitrogens is 5. The van der Waals surface area contributed by atoms with Gasteiger partial charge in [-0.05, 0) is 30.5 Å². The average Bonchev–Trinajstić information content (AvgIpc) is 3.42. The first kappa shape index (κ1) is 24.6. The number of benzene rings is 2. The summed E-state index contributed by atoms with van der Waals surface area (Å²) in [5.41, 5.74) is 1.05. The Morgan fingerprint density at radius 2 is 1.81 bits per heavy atom. The third kappa shape index (κ3) is 5.40. The Morgan fingerprint density at radius 3 is 2.50 bits per heavy atom. The number of H-pyrrole nitrogens is 1. The molecule has 36 heavy (non-hydrogen) atoms. The number of amides is 1. The quantitative estimate of drug-likeness (QED) is 0.339. The summed E-state index contributed by atoms with van der Waals surface area (Å²) in [6.45, 7) is 4.91. The van der Waals surface area contributed by atoms with E-state index in [1.54, 1.807) is 44.2 Å². The van der Waals surface area contributed by atoms with E-state index >= 15 is 0 Å². The first-order valence-electron chi connectivity index (χ1n) is 11.4. The number of aryl methyl sites for hydroxylation is 1. The Hall–Kier alpha value is -4.54. The van der Waals surface area contributed by atoms with Gasteiger partial charge in [-0.25, -0.2) is 23.9 Å². The van der Waals surface area contributed by atoms with Crippen molar-refractivity contribution in [1.29, 1.82) is 0 Å². The number of hydrogen-bond acceptors (Lipinski definition) is 7. The van der Waals surface area contributed by atoms with Crippen molar-refractivity contribution in [2.75, 3.05) is 0 Å². The normalized spacial score (nSPS) is 12.0. The predicted octanol–water partition coefficient (Wildman–Crippen LogP) is 1.63. The molecule has 11 heteroatoms. The van der Waals surface area contributed by atoms with E-state index in [0.29, 0.717) is 12.1 Å². The summed E-state index contributed by atoms with van der Waals surface area (Å²) in [6, 6.07) is 15.3. The second-order valence-corrected chi connectivity index (χ2v) is 8.78. The minimum Gasteiger partial charge on any atom is -0.418 e. The van der Waals surface area contributed by atoms with Gasteiger partial charge in [-0.1, -0.05) is 61.9 Å². The van der Waals surface area contributed by atoms with E-state index in [1.807, 2.05) is 31.2 Å². The number of ketones is 1. The lowest BCUT2D eigenvalue weighted by molar-refractivity contribution is -0.122. The largest absolute Gasteiger partial charge is 0.418 e. The third-order valence-corrected chi connectivity index (χ3v) is 5.57. The zero-order valence-electron chi connectivity index (χ0n) is 20.1. The van der Waals surface area contributed by atoms with E-state index in [2.05, 4.69) is 20.6 Å². The number of carbonyl (C=O) groups is 2. The topological polar surface area (TPSA) is 145 Å². The molecule has 0 aliphatic carbocycles. The van der Waals surface area contributed by atoms with E-state index in [9.17, 15) is 19.2 Å². The van der Waals surface area contributed by atoms with Crippen LogP contribution in [-0.4, -0.2) is 42.3 Å². The van der Waals surface area contributed by atoms with E-state index in [-0.39, 0.29) is 17.7 Å². The number of carbonyl (C=O) groups excluding carboxylic acids is 2. The molecular weight excluding hydrogens is 464 g/mol. The van der Waals surface area contributed by atoms with Gasteiger partial charge in [0.15, 0.2) is 0 Å². The average molecular weight is 491 g/mol. The van der Waals surface area contributed by atoms with Gasteiger partial charge in [0.1, 0.15) is 6.54 Å². The summed E-state index contributed by atoms with van der Waals surface area (Å²) in [5.74, 6) is -1.50. The van der Waals surface area contributed by atoms with Crippen LogP contribution in [0.15, 0.2) is 68.6 Å². The van der Waals surface area contributed by atoms with Gasteiger partial charge in [0, 0.05) is 0 Å². The molecule has 0 aliphatic heterocycles. The van der Waals surface area contributed by atoms with Gasteiger partial charge in [-0.15, -0.1) is 10.2 Å². The van der Waals surface area contributed by atoms with Crippen molar-refractivity contribution < 1.29 is 14.0 Å². The van der Waals surface area contributed by atoms with Crippen LogP contribution < -0.4 is 16.7 Å². The SMILES string of the molecule is Cc1cccc(Cc2nnc(C(=O)[C@@H](NC(=O)Cn3c(=O)[nH]n(-c4ccccc4)c3=O)C(C)C)o2)c1. The maximum absolute atomic E-state index is 13.1. The van der Waals surface area contributed by atoms with Crippen LogP contribution in [-0.2, 0) is 17.8 Å². The van der Waals surface area contributed by atoms with Crippen molar-refractivity contribution in [3.05, 3.63) is 98.5 Å². The fourth-order valence-electron chi connectivity index (χ4n) is 3.75. The summed E-state index contributed by atoms with van der Waals surface area (Å²) in [5, 5.41) is 12.8. The van der Waals surface area contributed by atoms with Crippen molar-refractivity contribution in [3.63, 3.8) is 0 Å². The number of nitrogens with one attached hydrogen (secondary N) is 2. The van der Waals surface area contributed by atoms with Crippen molar-refractivity contribution in [2.45, 2.75) is 39.8 Å². The summed E-state index contributed by atoms with van der Waals surface area (Å²) in [6.07, 6.45) is 0.366. The molecule has 11 nitrogen and oxygen atoms in total. The lowest BCUT2D eigenvalue weighted by atomic mass is 9.99. The highest BCUT2D eigenvalue weighted by molar-refractivity contribution is 5.98.